The third-order valence-corrected chi connectivity index (χ3v) is 7.18. The molecule has 0 aliphatic carbocycles. The summed E-state index contributed by atoms with van der Waals surface area (Å²) in [5.74, 6) is -0.898. The third-order valence-electron chi connectivity index (χ3n) is 5.28. The minimum absolute atomic E-state index is 0.0540. The van der Waals surface area contributed by atoms with Crippen molar-refractivity contribution in [3.8, 4) is 0 Å². The lowest BCUT2D eigenvalue weighted by Crippen LogP contribution is -2.49. The highest BCUT2D eigenvalue weighted by atomic mass is 32.2. The van der Waals surface area contributed by atoms with Crippen LogP contribution in [0, 0.1) is 5.82 Å². The standard InChI is InChI=1S/C22H21FN2O3S/c1-16(26)22-20(23)7-4-8-21(22)24-11-13-25(14-12-24)29(27,28)19-10-9-17-5-2-3-6-18(17)15-19/h2-10,15H,11-14H2,1H3. The molecule has 0 atom stereocenters. The van der Waals surface area contributed by atoms with Gasteiger partial charge >= 0.3 is 0 Å². The summed E-state index contributed by atoms with van der Waals surface area (Å²) in [4.78, 5) is 14.0. The number of rotatable bonds is 4. The predicted octanol–water partition coefficient (Wildman–Crippen LogP) is 3.69. The van der Waals surface area contributed by atoms with Crippen molar-refractivity contribution < 1.29 is 17.6 Å². The van der Waals surface area contributed by atoms with Crippen molar-refractivity contribution in [2.24, 2.45) is 0 Å². The molecule has 7 heteroatoms. The first-order valence-electron chi connectivity index (χ1n) is 9.41. The normalized spacial score (nSPS) is 15.6. The van der Waals surface area contributed by atoms with Gasteiger partial charge in [-0.25, -0.2) is 12.8 Å². The lowest BCUT2D eigenvalue weighted by atomic mass is 10.1. The van der Waals surface area contributed by atoms with Gasteiger partial charge in [-0.05, 0) is 42.0 Å². The molecule has 0 aromatic heterocycles. The van der Waals surface area contributed by atoms with Gasteiger partial charge in [0.15, 0.2) is 5.78 Å². The SMILES string of the molecule is CC(=O)c1c(F)cccc1N1CCN(S(=O)(=O)c2ccc3ccccc3c2)CC1. The second-order valence-electron chi connectivity index (χ2n) is 7.09. The molecule has 5 nitrogen and oxygen atoms in total. The molecule has 0 unspecified atom stereocenters. The van der Waals surface area contributed by atoms with Crippen molar-refractivity contribution in [3.05, 3.63) is 72.0 Å². The average molecular weight is 412 g/mol. The highest BCUT2D eigenvalue weighted by molar-refractivity contribution is 7.89. The zero-order valence-corrected chi connectivity index (χ0v) is 16.8. The van der Waals surface area contributed by atoms with E-state index in [1.54, 1.807) is 24.3 Å². The molecule has 0 amide bonds. The maximum absolute atomic E-state index is 14.1. The summed E-state index contributed by atoms with van der Waals surface area (Å²) in [7, 11) is -3.63. The van der Waals surface area contributed by atoms with E-state index in [0.29, 0.717) is 18.8 Å². The Morgan fingerprint density at radius 2 is 1.59 bits per heavy atom. The quantitative estimate of drug-likeness (QED) is 0.614. The number of fused-ring (bicyclic) bond motifs is 1. The first-order chi connectivity index (χ1) is 13.9. The number of carbonyl (C=O) groups excluding carboxylic acids is 1. The summed E-state index contributed by atoms with van der Waals surface area (Å²) >= 11 is 0. The van der Waals surface area contributed by atoms with Crippen LogP contribution in [0.3, 0.4) is 0 Å². The maximum Gasteiger partial charge on any atom is 0.243 e. The number of halogens is 1. The fourth-order valence-corrected chi connectivity index (χ4v) is 5.23. The number of hydrogen-bond donors (Lipinski definition) is 0. The van der Waals surface area contributed by atoms with Crippen LogP contribution in [0.5, 0.6) is 0 Å². The Kier molecular flexibility index (Phi) is 5.10. The minimum Gasteiger partial charge on any atom is -0.368 e. The smallest absolute Gasteiger partial charge is 0.243 e. The molecule has 4 rings (SSSR count). The molecule has 150 valence electrons. The summed E-state index contributed by atoms with van der Waals surface area (Å²) in [5, 5.41) is 1.86. The lowest BCUT2D eigenvalue weighted by Gasteiger charge is -2.36. The van der Waals surface area contributed by atoms with Gasteiger partial charge in [-0.15, -0.1) is 0 Å². The first kappa shape index (κ1) is 19.5. The molecule has 0 spiro atoms. The lowest BCUT2D eigenvalue weighted by molar-refractivity contribution is 0.101. The number of hydrogen-bond acceptors (Lipinski definition) is 4. The number of anilines is 1. The number of carbonyl (C=O) groups is 1. The van der Waals surface area contributed by atoms with E-state index in [0.717, 1.165) is 10.8 Å². The molecule has 0 radical (unpaired) electrons. The van der Waals surface area contributed by atoms with Crippen molar-refractivity contribution >= 4 is 32.3 Å². The number of nitrogens with zero attached hydrogens (tertiary/aromatic N) is 2. The van der Waals surface area contributed by atoms with E-state index < -0.39 is 15.8 Å². The topological polar surface area (TPSA) is 57.7 Å². The van der Waals surface area contributed by atoms with E-state index >= 15 is 0 Å². The van der Waals surface area contributed by atoms with Crippen LogP contribution in [-0.2, 0) is 10.0 Å². The second kappa shape index (κ2) is 7.57. The molecule has 0 N–H and O–H groups in total. The average Bonchev–Trinajstić information content (AvgIpc) is 2.73. The summed E-state index contributed by atoms with van der Waals surface area (Å²) in [6, 6.07) is 17.3. The molecule has 3 aromatic carbocycles. The fraction of sp³-hybridized carbons (Fsp3) is 0.227. The molecule has 1 aliphatic rings. The molecule has 1 fully saturated rings. The van der Waals surface area contributed by atoms with Crippen LogP contribution in [0.25, 0.3) is 10.8 Å². The number of benzene rings is 3. The molecular weight excluding hydrogens is 391 g/mol. The van der Waals surface area contributed by atoms with E-state index in [1.807, 2.05) is 35.2 Å². The highest BCUT2D eigenvalue weighted by Crippen LogP contribution is 2.27. The number of piperazine rings is 1. The van der Waals surface area contributed by atoms with Gasteiger partial charge in [0.1, 0.15) is 5.82 Å². The highest BCUT2D eigenvalue weighted by Gasteiger charge is 2.30. The first-order valence-corrected chi connectivity index (χ1v) is 10.9. The zero-order chi connectivity index (χ0) is 20.6. The van der Waals surface area contributed by atoms with Gasteiger partial charge in [-0.3, -0.25) is 4.79 Å². The van der Waals surface area contributed by atoms with Crippen LogP contribution in [0.1, 0.15) is 17.3 Å². The minimum atomic E-state index is -3.63. The van der Waals surface area contributed by atoms with Crippen molar-refractivity contribution in [3.63, 3.8) is 0 Å². The summed E-state index contributed by atoms with van der Waals surface area (Å²) in [6.07, 6.45) is 0. The van der Waals surface area contributed by atoms with Crippen LogP contribution in [0.4, 0.5) is 10.1 Å². The second-order valence-corrected chi connectivity index (χ2v) is 9.03. The molecule has 0 saturated carbocycles. The van der Waals surface area contributed by atoms with Gasteiger partial charge in [-0.2, -0.15) is 4.31 Å². The van der Waals surface area contributed by atoms with E-state index in [4.69, 9.17) is 0 Å². The van der Waals surface area contributed by atoms with Gasteiger partial charge in [0.2, 0.25) is 10.0 Å². The van der Waals surface area contributed by atoms with Crippen LogP contribution < -0.4 is 4.90 Å². The Hall–Kier alpha value is -2.77. The van der Waals surface area contributed by atoms with Crippen LogP contribution in [-0.4, -0.2) is 44.7 Å². The molecule has 1 heterocycles. The number of sulfonamides is 1. The van der Waals surface area contributed by atoms with E-state index in [1.165, 1.54) is 17.3 Å². The molecule has 3 aromatic rings. The van der Waals surface area contributed by atoms with Crippen LogP contribution >= 0.6 is 0 Å². The number of ketones is 1. The largest absolute Gasteiger partial charge is 0.368 e. The molecule has 1 aliphatic heterocycles. The summed E-state index contributed by atoms with van der Waals surface area (Å²) in [5.41, 5.74) is 0.568. The Balaban J connectivity index is 1.56. The molecule has 1 saturated heterocycles. The molecule has 29 heavy (non-hydrogen) atoms. The summed E-state index contributed by atoms with van der Waals surface area (Å²) in [6.45, 7) is 2.64. The molecular formula is C22H21FN2O3S. The van der Waals surface area contributed by atoms with Crippen molar-refractivity contribution in [2.75, 3.05) is 31.1 Å². The Morgan fingerprint density at radius 1 is 0.897 bits per heavy atom. The van der Waals surface area contributed by atoms with Gasteiger partial charge in [0.25, 0.3) is 0 Å². The monoisotopic (exact) mass is 412 g/mol. The van der Waals surface area contributed by atoms with Crippen molar-refractivity contribution in [1.82, 2.24) is 4.31 Å². The maximum atomic E-state index is 14.1. The van der Waals surface area contributed by atoms with Crippen molar-refractivity contribution in [2.45, 2.75) is 11.8 Å². The fourth-order valence-electron chi connectivity index (χ4n) is 3.77. The molecule has 0 bridgehead atoms. The van der Waals surface area contributed by atoms with Gasteiger partial charge < -0.3 is 4.90 Å². The summed E-state index contributed by atoms with van der Waals surface area (Å²) < 4.78 is 41.8. The van der Waals surface area contributed by atoms with Gasteiger partial charge in [0.05, 0.1) is 16.1 Å². The Labute approximate surface area is 169 Å². The Morgan fingerprint density at radius 3 is 2.28 bits per heavy atom. The predicted molar refractivity (Wildman–Crippen MR) is 111 cm³/mol. The van der Waals surface area contributed by atoms with Crippen LogP contribution in [0.2, 0.25) is 0 Å². The zero-order valence-electron chi connectivity index (χ0n) is 16.0. The number of Topliss-reactive ketones (excluding diaryl/α,β-unsaturated/α-hetero) is 1. The van der Waals surface area contributed by atoms with Gasteiger partial charge in [-0.1, -0.05) is 36.4 Å². The third kappa shape index (κ3) is 3.63. The van der Waals surface area contributed by atoms with E-state index in [-0.39, 0.29) is 29.3 Å². The van der Waals surface area contributed by atoms with Crippen LogP contribution in [0.15, 0.2) is 65.6 Å². The van der Waals surface area contributed by atoms with Crippen molar-refractivity contribution in [1.29, 1.82) is 0 Å². The van der Waals surface area contributed by atoms with E-state index in [9.17, 15) is 17.6 Å². The van der Waals surface area contributed by atoms with E-state index in [2.05, 4.69) is 0 Å². The van der Waals surface area contributed by atoms with Gasteiger partial charge in [0, 0.05) is 26.2 Å². The Bertz CT molecular complexity index is 1190.